The van der Waals surface area contributed by atoms with Crippen molar-refractivity contribution >= 4 is 5.91 Å². The molecule has 1 heterocycles. The van der Waals surface area contributed by atoms with Gasteiger partial charge in [0.05, 0.1) is 6.54 Å². The summed E-state index contributed by atoms with van der Waals surface area (Å²) in [6.45, 7) is 8.41. The Hall–Kier alpha value is -1.39. The van der Waals surface area contributed by atoms with Crippen LogP contribution >= 0.6 is 0 Å². The van der Waals surface area contributed by atoms with Crippen molar-refractivity contribution in [3.8, 4) is 0 Å². The van der Waals surface area contributed by atoms with Crippen LogP contribution < -0.4 is 5.32 Å². The summed E-state index contributed by atoms with van der Waals surface area (Å²) >= 11 is 0. The predicted molar refractivity (Wildman–Crippen MR) is 86.4 cm³/mol. The standard InChI is InChI=1S/C17H27N3O/c1-14-6-4-5-7-16(14)12-15(2)19(3)10-11-20-9-8-18-13-17(20)21/h4-7,15,18H,8-13H2,1-3H3. The number of aryl methyl sites for hydroxylation is 1. The minimum Gasteiger partial charge on any atom is -0.339 e. The van der Waals surface area contributed by atoms with E-state index in [0.717, 1.165) is 32.6 Å². The van der Waals surface area contributed by atoms with Crippen LogP contribution in [0.1, 0.15) is 18.1 Å². The molecule has 21 heavy (non-hydrogen) atoms. The highest BCUT2D eigenvalue weighted by Gasteiger charge is 2.18. The van der Waals surface area contributed by atoms with Crippen LogP contribution in [0.2, 0.25) is 0 Å². The first-order valence-electron chi connectivity index (χ1n) is 7.81. The van der Waals surface area contributed by atoms with Gasteiger partial charge in [-0.1, -0.05) is 24.3 Å². The van der Waals surface area contributed by atoms with E-state index in [9.17, 15) is 4.79 Å². The fourth-order valence-electron chi connectivity index (χ4n) is 2.69. The van der Waals surface area contributed by atoms with Gasteiger partial charge in [0.25, 0.3) is 0 Å². The van der Waals surface area contributed by atoms with Crippen LogP contribution in [-0.4, -0.2) is 61.5 Å². The van der Waals surface area contributed by atoms with Crippen LogP contribution in [0.25, 0.3) is 0 Å². The largest absolute Gasteiger partial charge is 0.339 e. The average Bonchev–Trinajstić information content (AvgIpc) is 2.48. The number of benzene rings is 1. The van der Waals surface area contributed by atoms with Crippen molar-refractivity contribution in [2.45, 2.75) is 26.3 Å². The van der Waals surface area contributed by atoms with E-state index in [1.54, 1.807) is 0 Å². The molecule has 1 unspecified atom stereocenters. The van der Waals surface area contributed by atoms with Crippen LogP contribution in [0.15, 0.2) is 24.3 Å². The maximum Gasteiger partial charge on any atom is 0.236 e. The molecule has 1 aromatic rings. The first-order chi connectivity index (χ1) is 10.1. The Labute approximate surface area is 128 Å². The Kier molecular flexibility index (Phi) is 5.76. The minimum atomic E-state index is 0.223. The average molecular weight is 289 g/mol. The smallest absolute Gasteiger partial charge is 0.236 e. The highest BCUT2D eigenvalue weighted by atomic mass is 16.2. The van der Waals surface area contributed by atoms with Gasteiger partial charge in [-0.25, -0.2) is 0 Å². The Morgan fingerprint density at radius 1 is 1.38 bits per heavy atom. The number of amides is 1. The molecule has 1 aliphatic rings. The summed E-state index contributed by atoms with van der Waals surface area (Å²) in [6, 6.07) is 9.04. The second-order valence-corrected chi connectivity index (χ2v) is 6.02. The molecule has 1 saturated heterocycles. The van der Waals surface area contributed by atoms with E-state index in [-0.39, 0.29) is 5.91 Å². The molecule has 1 aliphatic heterocycles. The summed E-state index contributed by atoms with van der Waals surface area (Å²) in [5, 5.41) is 3.11. The molecule has 1 aromatic carbocycles. The molecular weight excluding hydrogens is 262 g/mol. The van der Waals surface area contributed by atoms with E-state index in [1.165, 1.54) is 11.1 Å². The zero-order chi connectivity index (χ0) is 15.2. The molecule has 1 amide bonds. The molecule has 0 bridgehead atoms. The van der Waals surface area contributed by atoms with E-state index in [4.69, 9.17) is 0 Å². The third kappa shape index (κ3) is 4.55. The maximum atomic E-state index is 11.8. The number of piperazine rings is 1. The molecule has 4 heteroatoms. The number of rotatable bonds is 6. The van der Waals surface area contributed by atoms with Gasteiger partial charge in [-0.2, -0.15) is 0 Å². The maximum absolute atomic E-state index is 11.8. The summed E-state index contributed by atoms with van der Waals surface area (Å²) < 4.78 is 0. The third-order valence-electron chi connectivity index (χ3n) is 4.44. The van der Waals surface area contributed by atoms with Gasteiger partial charge >= 0.3 is 0 Å². The molecule has 1 fully saturated rings. The van der Waals surface area contributed by atoms with Crippen LogP contribution in [0.4, 0.5) is 0 Å². The molecule has 1 N–H and O–H groups in total. The fourth-order valence-corrected chi connectivity index (χ4v) is 2.69. The number of likely N-dealkylation sites (N-methyl/N-ethyl adjacent to an activating group) is 1. The van der Waals surface area contributed by atoms with Gasteiger partial charge in [-0.15, -0.1) is 0 Å². The molecule has 0 spiro atoms. The lowest BCUT2D eigenvalue weighted by Crippen LogP contribution is -2.50. The summed E-state index contributed by atoms with van der Waals surface area (Å²) in [5.74, 6) is 0.223. The molecule has 2 rings (SSSR count). The van der Waals surface area contributed by atoms with Crippen molar-refractivity contribution in [1.29, 1.82) is 0 Å². The number of nitrogens with one attached hydrogen (secondary N) is 1. The number of hydrogen-bond acceptors (Lipinski definition) is 3. The highest BCUT2D eigenvalue weighted by molar-refractivity contribution is 5.78. The van der Waals surface area contributed by atoms with Crippen molar-refractivity contribution in [1.82, 2.24) is 15.1 Å². The quantitative estimate of drug-likeness (QED) is 0.857. The number of carbonyl (C=O) groups excluding carboxylic acids is 1. The molecule has 1 atom stereocenters. The second-order valence-electron chi connectivity index (χ2n) is 6.02. The van der Waals surface area contributed by atoms with Gasteiger partial charge in [0.15, 0.2) is 0 Å². The molecule has 0 aromatic heterocycles. The Balaban J connectivity index is 1.81. The highest BCUT2D eigenvalue weighted by Crippen LogP contribution is 2.12. The summed E-state index contributed by atoms with van der Waals surface area (Å²) in [7, 11) is 2.15. The minimum absolute atomic E-state index is 0.223. The van der Waals surface area contributed by atoms with Gasteiger partial charge in [-0.05, 0) is 38.4 Å². The van der Waals surface area contributed by atoms with E-state index in [2.05, 4.69) is 55.4 Å². The van der Waals surface area contributed by atoms with Crippen molar-refractivity contribution in [2.75, 3.05) is 39.8 Å². The van der Waals surface area contributed by atoms with Crippen LogP contribution in [-0.2, 0) is 11.2 Å². The van der Waals surface area contributed by atoms with Gasteiger partial charge in [-0.3, -0.25) is 4.79 Å². The SMILES string of the molecule is Cc1ccccc1CC(C)N(C)CCN1CCNCC1=O. The molecule has 116 valence electrons. The normalized spacial score (nSPS) is 17.3. The van der Waals surface area contributed by atoms with Crippen molar-refractivity contribution < 1.29 is 4.79 Å². The van der Waals surface area contributed by atoms with Crippen LogP contribution in [0.5, 0.6) is 0 Å². The lowest BCUT2D eigenvalue weighted by Gasteiger charge is -2.31. The fraction of sp³-hybridized carbons (Fsp3) is 0.588. The number of nitrogens with zero attached hydrogens (tertiary/aromatic N) is 2. The van der Waals surface area contributed by atoms with E-state index in [0.29, 0.717) is 12.6 Å². The Bertz CT molecular complexity index is 475. The number of hydrogen-bond donors (Lipinski definition) is 1. The molecule has 0 saturated carbocycles. The predicted octanol–water partition coefficient (Wildman–Crippen LogP) is 1.29. The second kappa shape index (κ2) is 7.57. The summed E-state index contributed by atoms with van der Waals surface area (Å²) in [4.78, 5) is 16.1. The first-order valence-corrected chi connectivity index (χ1v) is 7.81. The van der Waals surface area contributed by atoms with Crippen molar-refractivity contribution in [3.05, 3.63) is 35.4 Å². The van der Waals surface area contributed by atoms with E-state index < -0.39 is 0 Å². The molecular formula is C17H27N3O. The monoisotopic (exact) mass is 289 g/mol. The number of carbonyl (C=O) groups is 1. The van der Waals surface area contributed by atoms with Gasteiger partial charge in [0.1, 0.15) is 0 Å². The van der Waals surface area contributed by atoms with E-state index >= 15 is 0 Å². The Morgan fingerprint density at radius 2 is 2.14 bits per heavy atom. The van der Waals surface area contributed by atoms with Crippen LogP contribution in [0, 0.1) is 6.92 Å². The molecule has 4 nitrogen and oxygen atoms in total. The van der Waals surface area contributed by atoms with Crippen molar-refractivity contribution in [3.63, 3.8) is 0 Å². The zero-order valence-electron chi connectivity index (χ0n) is 13.4. The van der Waals surface area contributed by atoms with Gasteiger partial charge in [0.2, 0.25) is 5.91 Å². The van der Waals surface area contributed by atoms with Gasteiger partial charge < -0.3 is 15.1 Å². The lowest BCUT2D eigenvalue weighted by molar-refractivity contribution is -0.132. The van der Waals surface area contributed by atoms with Crippen LogP contribution in [0.3, 0.4) is 0 Å². The summed E-state index contributed by atoms with van der Waals surface area (Å²) in [6.07, 6.45) is 1.05. The zero-order valence-corrected chi connectivity index (χ0v) is 13.4. The molecule has 0 radical (unpaired) electrons. The van der Waals surface area contributed by atoms with E-state index in [1.807, 2.05) is 4.90 Å². The molecule has 0 aliphatic carbocycles. The third-order valence-corrected chi connectivity index (χ3v) is 4.44. The lowest BCUT2D eigenvalue weighted by atomic mass is 10.0. The topological polar surface area (TPSA) is 35.6 Å². The van der Waals surface area contributed by atoms with Gasteiger partial charge in [0, 0.05) is 32.2 Å². The van der Waals surface area contributed by atoms with Crippen molar-refractivity contribution in [2.24, 2.45) is 0 Å². The first kappa shape index (κ1) is 16.0. The Morgan fingerprint density at radius 3 is 2.86 bits per heavy atom. The summed E-state index contributed by atoms with van der Waals surface area (Å²) in [5.41, 5.74) is 2.77.